The number of rotatable bonds is 2. The van der Waals surface area contributed by atoms with Gasteiger partial charge in [-0.15, -0.1) is 0 Å². The van der Waals surface area contributed by atoms with Gasteiger partial charge in [0, 0.05) is 6.54 Å². The van der Waals surface area contributed by atoms with Crippen molar-refractivity contribution in [2.45, 2.75) is 25.7 Å². The van der Waals surface area contributed by atoms with Crippen LogP contribution in [0.4, 0.5) is 4.39 Å². The van der Waals surface area contributed by atoms with Gasteiger partial charge in [-0.25, -0.2) is 4.39 Å². The molecule has 1 spiro atoms. The summed E-state index contributed by atoms with van der Waals surface area (Å²) in [6, 6.07) is 0. The van der Waals surface area contributed by atoms with Crippen molar-refractivity contribution < 1.29 is 4.39 Å². The van der Waals surface area contributed by atoms with E-state index in [9.17, 15) is 4.39 Å². The molecule has 2 heteroatoms. The molecule has 1 heterocycles. The van der Waals surface area contributed by atoms with Gasteiger partial charge in [0.25, 0.3) is 0 Å². The van der Waals surface area contributed by atoms with Gasteiger partial charge in [0.05, 0.1) is 0 Å². The van der Waals surface area contributed by atoms with Crippen LogP contribution < -0.4 is 0 Å². The molecule has 0 N–H and O–H groups in total. The molecule has 0 aromatic carbocycles. The summed E-state index contributed by atoms with van der Waals surface area (Å²) < 4.78 is 11.9. The summed E-state index contributed by atoms with van der Waals surface area (Å²) in [7, 11) is 0. The SMILES string of the molecule is FCCN1CCC2(CC1)CC2. The molecule has 1 nitrogen and oxygen atoms in total. The first kappa shape index (κ1) is 7.53. The maximum absolute atomic E-state index is 11.9. The largest absolute Gasteiger partial charge is 0.301 e. The van der Waals surface area contributed by atoms with Crippen molar-refractivity contribution >= 4 is 0 Å². The second kappa shape index (κ2) is 2.74. The lowest BCUT2D eigenvalue weighted by Gasteiger charge is -2.31. The summed E-state index contributed by atoms with van der Waals surface area (Å²) in [5.74, 6) is 0. The number of piperidine rings is 1. The maximum Gasteiger partial charge on any atom is 0.102 e. The van der Waals surface area contributed by atoms with Crippen molar-refractivity contribution in [2.75, 3.05) is 26.3 Å². The van der Waals surface area contributed by atoms with E-state index in [0.29, 0.717) is 6.54 Å². The summed E-state index contributed by atoms with van der Waals surface area (Å²) in [6.45, 7) is 2.77. The van der Waals surface area contributed by atoms with Crippen molar-refractivity contribution in [3.05, 3.63) is 0 Å². The zero-order valence-corrected chi connectivity index (χ0v) is 6.98. The summed E-state index contributed by atoms with van der Waals surface area (Å²) in [5, 5.41) is 0. The predicted molar refractivity (Wildman–Crippen MR) is 43.3 cm³/mol. The van der Waals surface area contributed by atoms with E-state index in [4.69, 9.17) is 0 Å². The Labute approximate surface area is 67.6 Å². The van der Waals surface area contributed by atoms with Crippen molar-refractivity contribution in [3.63, 3.8) is 0 Å². The summed E-state index contributed by atoms with van der Waals surface area (Å²) >= 11 is 0. The van der Waals surface area contributed by atoms with Gasteiger partial charge in [-0.05, 0) is 44.2 Å². The standard InChI is InChI=1S/C9H16FN/c10-5-8-11-6-3-9(1-2-9)4-7-11/h1-8H2. The number of hydrogen-bond donors (Lipinski definition) is 0. The zero-order chi connectivity index (χ0) is 7.73. The average Bonchev–Trinajstić information content (AvgIpc) is 2.76. The molecule has 0 unspecified atom stereocenters. The van der Waals surface area contributed by atoms with Crippen molar-refractivity contribution in [2.24, 2.45) is 5.41 Å². The fourth-order valence-corrected chi connectivity index (χ4v) is 2.05. The Morgan fingerprint density at radius 2 is 1.73 bits per heavy atom. The molecule has 0 atom stereocenters. The highest BCUT2D eigenvalue weighted by molar-refractivity contribution is 4.96. The molecular weight excluding hydrogens is 141 g/mol. The summed E-state index contributed by atoms with van der Waals surface area (Å²) in [5.41, 5.74) is 0.743. The maximum atomic E-state index is 11.9. The highest BCUT2D eigenvalue weighted by atomic mass is 19.1. The van der Waals surface area contributed by atoms with Crippen LogP contribution in [0.25, 0.3) is 0 Å². The van der Waals surface area contributed by atoms with Gasteiger partial charge in [-0.3, -0.25) is 0 Å². The molecule has 1 saturated carbocycles. The van der Waals surface area contributed by atoms with Gasteiger partial charge < -0.3 is 4.90 Å². The van der Waals surface area contributed by atoms with Crippen molar-refractivity contribution in [1.82, 2.24) is 4.90 Å². The highest BCUT2D eigenvalue weighted by Crippen LogP contribution is 2.53. The molecule has 0 bridgehead atoms. The third kappa shape index (κ3) is 1.56. The van der Waals surface area contributed by atoms with E-state index in [0.717, 1.165) is 18.5 Å². The van der Waals surface area contributed by atoms with Crippen molar-refractivity contribution in [3.8, 4) is 0 Å². The number of nitrogens with zero attached hydrogens (tertiary/aromatic N) is 1. The Balaban J connectivity index is 1.75. The third-order valence-corrected chi connectivity index (χ3v) is 3.27. The Morgan fingerprint density at radius 3 is 2.18 bits per heavy atom. The molecule has 2 rings (SSSR count). The van der Waals surface area contributed by atoms with Crippen LogP contribution in [-0.2, 0) is 0 Å². The summed E-state index contributed by atoms with van der Waals surface area (Å²) in [4.78, 5) is 2.25. The lowest BCUT2D eigenvalue weighted by Crippen LogP contribution is -2.35. The third-order valence-electron chi connectivity index (χ3n) is 3.27. The normalized spacial score (nSPS) is 29.2. The molecule has 11 heavy (non-hydrogen) atoms. The van der Waals surface area contributed by atoms with Crippen LogP contribution in [0.2, 0.25) is 0 Å². The van der Waals surface area contributed by atoms with E-state index in [1.165, 1.54) is 25.7 Å². The molecular formula is C9H16FN. The van der Waals surface area contributed by atoms with Crippen LogP contribution in [0, 0.1) is 5.41 Å². The first-order valence-electron chi connectivity index (χ1n) is 4.63. The average molecular weight is 157 g/mol. The van der Waals surface area contributed by atoms with Gasteiger partial charge in [-0.1, -0.05) is 0 Å². The van der Waals surface area contributed by atoms with E-state index in [1.807, 2.05) is 0 Å². The van der Waals surface area contributed by atoms with E-state index in [2.05, 4.69) is 4.90 Å². The lowest BCUT2D eigenvalue weighted by molar-refractivity contribution is 0.162. The number of alkyl halides is 1. The first-order valence-corrected chi connectivity index (χ1v) is 4.63. The molecule has 0 aromatic rings. The minimum absolute atomic E-state index is 0.174. The van der Waals surface area contributed by atoms with E-state index < -0.39 is 0 Å². The Morgan fingerprint density at radius 1 is 1.09 bits per heavy atom. The lowest BCUT2D eigenvalue weighted by atomic mass is 9.94. The zero-order valence-electron chi connectivity index (χ0n) is 6.98. The molecule has 1 aliphatic carbocycles. The van der Waals surface area contributed by atoms with E-state index in [-0.39, 0.29) is 6.67 Å². The summed E-state index contributed by atoms with van der Waals surface area (Å²) in [6.07, 6.45) is 5.53. The minimum Gasteiger partial charge on any atom is -0.301 e. The molecule has 1 aliphatic heterocycles. The molecule has 64 valence electrons. The quantitative estimate of drug-likeness (QED) is 0.591. The number of halogens is 1. The van der Waals surface area contributed by atoms with Crippen LogP contribution in [-0.4, -0.2) is 31.2 Å². The van der Waals surface area contributed by atoms with Crippen molar-refractivity contribution in [1.29, 1.82) is 0 Å². The molecule has 0 amide bonds. The molecule has 0 radical (unpaired) electrons. The topological polar surface area (TPSA) is 3.24 Å². The van der Waals surface area contributed by atoms with Crippen LogP contribution in [0.5, 0.6) is 0 Å². The van der Waals surface area contributed by atoms with Gasteiger partial charge in [0.1, 0.15) is 6.67 Å². The molecule has 1 saturated heterocycles. The smallest absolute Gasteiger partial charge is 0.102 e. The Hall–Kier alpha value is -0.110. The highest BCUT2D eigenvalue weighted by Gasteiger charge is 2.44. The fraction of sp³-hybridized carbons (Fsp3) is 1.00. The molecule has 0 aromatic heterocycles. The molecule has 2 aliphatic rings. The fourth-order valence-electron chi connectivity index (χ4n) is 2.05. The van der Waals surface area contributed by atoms with Gasteiger partial charge in [0.2, 0.25) is 0 Å². The minimum atomic E-state index is -0.174. The second-order valence-electron chi connectivity index (χ2n) is 4.03. The Kier molecular flexibility index (Phi) is 1.88. The second-order valence-corrected chi connectivity index (χ2v) is 4.03. The monoisotopic (exact) mass is 157 g/mol. The molecule has 2 fully saturated rings. The van der Waals surface area contributed by atoms with Crippen LogP contribution in [0.1, 0.15) is 25.7 Å². The Bertz CT molecular complexity index is 132. The van der Waals surface area contributed by atoms with E-state index >= 15 is 0 Å². The van der Waals surface area contributed by atoms with Crippen LogP contribution >= 0.6 is 0 Å². The predicted octanol–water partition coefficient (Wildman–Crippen LogP) is 1.83. The van der Waals surface area contributed by atoms with Gasteiger partial charge >= 0.3 is 0 Å². The van der Waals surface area contributed by atoms with Gasteiger partial charge in [-0.2, -0.15) is 0 Å². The number of likely N-dealkylation sites (tertiary alicyclic amines) is 1. The van der Waals surface area contributed by atoms with Gasteiger partial charge in [0.15, 0.2) is 0 Å². The van der Waals surface area contributed by atoms with E-state index in [1.54, 1.807) is 0 Å². The first-order chi connectivity index (χ1) is 5.35. The number of hydrogen-bond acceptors (Lipinski definition) is 1. The van der Waals surface area contributed by atoms with Crippen LogP contribution in [0.15, 0.2) is 0 Å². The van der Waals surface area contributed by atoms with Crippen LogP contribution in [0.3, 0.4) is 0 Å².